The summed E-state index contributed by atoms with van der Waals surface area (Å²) < 4.78 is 3.31. The number of hydrogen-bond acceptors (Lipinski definition) is 3. The molecule has 1 fully saturated rings. The zero-order valence-corrected chi connectivity index (χ0v) is 10.8. The van der Waals surface area contributed by atoms with E-state index in [1.807, 2.05) is 12.1 Å². The van der Waals surface area contributed by atoms with E-state index in [9.17, 15) is 4.79 Å². The molecule has 1 saturated heterocycles. The smallest absolute Gasteiger partial charge is 0.328 e. The summed E-state index contributed by atoms with van der Waals surface area (Å²) in [5.74, 6) is 0. The number of anilines is 2. The average molecular weight is 246 g/mol. The van der Waals surface area contributed by atoms with Crippen LogP contribution in [0.1, 0.15) is 12.8 Å². The normalized spacial score (nSPS) is 15.8. The van der Waals surface area contributed by atoms with Crippen LogP contribution in [0.5, 0.6) is 0 Å². The first-order valence-corrected chi connectivity index (χ1v) is 6.29. The van der Waals surface area contributed by atoms with E-state index in [0.29, 0.717) is 0 Å². The molecule has 96 valence electrons. The fourth-order valence-electron chi connectivity index (χ4n) is 2.78. The third kappa shape index (κ3) is 1.43. The maximum absolute atomic E-state index is 11.9. The molecule has 3 rings (SSSR count). The van der Waals surface area contributed by atoms with Crippen LogP contribution < -0.4 is 16.3 Å². The van der Waals surface area contributed by atoms with Crippen molar-refractivity contribution in [2.24, 2.45) is 14.1 Å². The number of benzene rings is 1. The van der Waals surface area contributed by atoms with Crippen LogP contribution in [-0.4, -0.2) is 22.2 Å². The van der Waals surface area contributed by atoms with Gasteiger partial charge >= 0.3 is 5.69 Å². The van der Waals surface area contributed by atoms with Gasteiger partial charge in [-0.25, -0.2) is 4.79 Å². The predicted molar refractivity (Wildman–Crippen MR) is 74.0 cm³/mol. The van der Waals surface area contributed by atoms with Crippen LogP contribution in [0.15, 0.2) is 16.9 Å². The minimum Gasteiger partial charge on any atom is -0.397 e. The number of nitrogens with zero attached hydrogens (tertiary/aromatic N) is 3. The third-order valence-corrected chi connectivity index (χ3v) is 3.87. The molecule has 2 aromatic rings. The van der Waals surface area contributed by atoms with Gasteiger partial charge in [0.25, 0.3) is 0 Å². The molecule has 0 unspecified atom stereocenters. The van der Waals surface area contributed by atoms with E-state index < -0.39 is 0 Å². The highest BCUT2D eigenvalue weighted by Crippen LogP contribution is 2.30. The van der Waals surface area contributed by atoms with Gasteiger partial charge in [0.15, 0.2) is 0 Å². The molecule has 0 radical (unpaired) electrons. The number of aryl methyl sites for hydroxylation is 2. The Morgan fingerprint density at radius 1 is 1.06 bits per heavy atom. The highest BCUT2D eigenvalue weighted by molar-refractivity contribution is 5.88. The zero-order valence-electron chi connectivity index (χ0n) is 10.8. The second-order valence-corrected chi connectivity index (χ2v) is 4.99. The Bertz CT molecular complexity index is 662. The summed E-state index contributed by atoms with van der Waals surface area (Å²) in [7, 11) is 3.58. The van der Waals surface area contributed by atoms with Crippen molar-refractivity contribution in [3.8, 4) is 0 Å². The van der Waals surface area contributed by atoms with E-state index in [-0.39, 0.29) is 5.69 Å². The number of nitrogen functional groups attached to an aromatic ring is 1. The molecule has 2 N–H and O–H groups in total. The number of hydrogen-bond donors (Lipinski definition) is 1. The summed E-state index contributed by atoms with van der Waals surface area (Å²) in [6.07, 6.45) is 2.43. The lowest BCUT2D eigenvalue weighted by Gasteiger charge is -2.20. The number of imidazole rings is 1. The Morgan fingerprint density at radius 3 is 2.22 bits per heavy atom. The van der Waals surface area contributed by atoms with E-state index in [1.165, 1.54) is 12.8 Å². The molecule has 1 aliphatic rings. The minimum atomic E-state index is -0.0111. The van der Waals surface area contributed by atoms with Gasteiger partial charge in [0.1, 0.15) is 0 Å². The SMILES string of the molecule is Cn1c(=O)n(C)c2cc(N3CCCC3)c(N)cc21. The monoisotopic (exact) mass is 246 g/mol. The summed E-state index contributed by atoms with van der Waals surface area (Å²) in [5, 5.41) is 0. The molecule has 1 aliphatic heterocycles. The maximum Gasteiger partial charge on any atom is 0.328 e. The van der Waals surface area contributed by atoms with Gasteiger partial charge in [-0.3, -0.25) is 9.13 Å². The summed E-state index contributed by atoms with van der Waals surface area (Å²) in [6, 6.07) is 3.95. The molecular formula is C13H18N4O. The van der Waals surface area contributed by atoms with Crippen molar-refractivity contribution in [2.75, 3.05) is 23.7 Å². The van der Waals surface area contributed by atoms with Crippen LogP contribution in [0.3, 0.4) is 0 Å². The molecule has 0 spiro atoms. The Labute approximate surface area is 105 Å². The first kappa shape index (κ1) is 11.2. The fraction of sp³-hybridized carbons (Fsp3) is 0.462. The summed E-state index contributed by atoms with van der Waals surface area (Å²) in [6.45, 7) is 2.10. The van der Waals surface area contributed by atoms with Gasteiger partial charge in [0.2, 0.25) is 0 Å². The lowest BCUT2D eigenvalue weighted by Crippen LogP contribution is -2.19. The Kier molecular flexibility index (Phi) is 2.36. The van der Waals surface area contributed by atoms with E-state index in [2.05, 4.69) is 4.90 Å². The van der Waals surface area contributed by atoms with Crippen LogP contribution in [0.25, 0.3) is 11.0 Å². The van der Waals surface area contributed by atoms with Crippen molar-refractivity contribution >= 4 is 22.4 Å². The Hall–Kier alpha value is -1.91. The quantitative estimate of drug-likeness (QED) is 0.765. The molecule has 5 nitrogen and oxygen atoms in total. The van der Waals surface area contributed by atoms with Gasteiger partial charge in [0, 0.05) is 27.2 Å². The molecule has 0 saturated carbocycles. The standard InChI is InChI=1S/C13H18N4O/c1-15-11-7-9(14)10(17-5-3-4-6-17)8-12(11)16(2)13(15)18/h7-8H,3-6,14H2,1-2H3. The van der Waals surface area contributed by atoms with Crippen molar-refractivity contribution < 1.29 is 0 Å². The summed E-state index contributed by atoms with van der Waals surface area (Å²) >= 11 is 0. The largest absolute Gasteiger partial charge is 0.397 e. The van der Waals surface area contributed by atoms with Crippen LogP contribution in [-0.2, 0) is 14.1 Å². The number of fused-ring (bicyclic) bond motifs is 1. The van der Waals surface area contributed by atoms with Gasteiger partial charge in [-0.15, -0.1) is 0 Å². The molecule has 1 aromatic carbocycles. The lowest BCUT2D eigenvalue weighted by atomic mass is 10.2. The van der Waals surface area contributed by atoms with Crippen LogP contribution in [0.2, 0.25) is 0 Å². The number of nitrogens with two attached hydrogens (primary N) is 1. The van der Waals surface area contributed by atoms with E-state index in [0.717, 1.165) is 35.5 Å². The summed E-state index contributed by atoms with van der Waals surface area (Å²) in [4.78, 5) is 14.2. The fourth-order valence-corrected chi connectivity index (χ4v) is 2.78. The minimum absolute atomic E-state index is 0.0111. The predicted octanol–water partition coefficient (Wildman–Crippen LogP) is 1.06. The highest BCUT2D eigenvalue weighted by Gasteiger charge is 2.17. The van der Waals surface area contributed by atoms with E-state index >= 15 is 0 Å². The Morgan fingerprint density at radius 2 is 1.61 bits per heavy atom. The van der Waals surface area contributed by atoms with Gasteiger partial charge in [-0.2, -0.15) is 0 Å². The molecule has 18 heavy (non-hydrogen) atoms. The zero-order chi connectivity index (χ0) is 12.9. The molecule has 0 atom stereocenters. The van der Waals surface area contributed by atoms with Crippen LogP contribution in [0, 0.1) is 0 Å². The topological polar surface area (TPSA) is 56.2 Å². The van der Waals surface area contributed by atoms with Crippen molar-refractivity contribution in [1.29, 1.82) is 0 Å². The van der Waals surface area contributed by atoms with Gasteiger partial charge in [0.05, 0.1) is 22.4 Å². The molecule has 0 bridgehead atoms. The third-order valence-electron chi connectivity index (χ3n) is 3.87. The van der Waals surface area contributed by atoms with Crippen molar-refractivity contribution in [3.05, 3.63) is 22.6 Å². The molecule has 1 aromatic heterocycles. The van der Waals surface area contributed by atoms with Crippen molar-refractivity contribution in [1.82, 2.24) is 9.13 Å². The maximum atomic E-state index is 11.9. The lowest BCUT2D eigenvalue weighted by molar-refractivity contribution is 0.795. The van der Waals surface area contributed by atoms with Gasteiger partial charge in [-0.05, 0) is 25.0 Å². The summed E-state index contributed by atoms with van der Waals surface area (Å²) in [5.41, 5.74) is 9.76. The average Bonchev–Trinajstić information content (AvgIpc) is 2.94. The van der Waals surface area contributed by atoms with Gasteiger partial charge in [-0.1, -0.05) is 0 Å². The van der Waals surface area contributed by atoms with Crippen molar-refractivity contribution in [2.45, 2.75) is 12.8 Å². The van der Waals surface area contributed by atoms with Crippen LogP contribution in [0.4, 0.5) is 11.4 Å². The van der Waals surface area contributed by atoms with E-state index in [4.69, 9.17) is 5.73 Å². The molecule has 0 aliphatic carbocycles. The van der Waals surface area contributed by atoms with Crippen molar-refractivity contribution in [3.63, 3.8) is 0 Å². The molecular weight excluding hydrogens is 228 g/mol. The first-order chi connectivity index (χ1) is 8.59. The number of aromatic nitrogens is 2. The van der Waals surface area contributed by atoms with Crippen LogP contribution >= 0.6 is 0 Å². The van der Waals surface area contributed by atoms with E-state index in [1.54, 1.807) is 23.2 Å². The Balaban J connectivity index is 2.26. The second-order valence-electron chi connectivity index (χ2n) is 4.99. The molecule has 2 heterocycles. The first-order valence-electron chi connectivity index (χ1n) is 6.29. The molecule has 0 amide bonds. The molecule has 5 heteroatoms. The number of rotatable bonds is 1. The van der Waals surface area contributed by atoms with Gasteiger partial charge < -0.3 is 10.6 Å². The second kappa shape index (κ2) is 3.80. The highest BCUT2D eigenvalue weighted by atomic mass is 16.1.